The van der Waals surface area contributed by atoms with Gasteiger partial charge in [0.2, 0.25) is 0 Å². The van der Waals surface area contributed by atoms with Crippen molar-refractivity contribution in [1.82, 2.24) is 10.2 Å². The monoisotopic (exact) mass is 176 g/mol. The minimum Gasteiger partial charge on any atom is -0.323 e. The van der Waals surface area contributed by atoms with Crippen LogP contribution in [0.4, 0.5) is 4.39 Å². The summed E-state index contributed by atoms with van der Waals surface area (Å²) in [4.78, 5) is 2.20. The molecular formula is C9H21FN2. The average molecular weight is 176 g/mol. The molecule has 0 saturated carbocycles. The van der Waals surface area contributed by atoms with E-state index < -0.39 is 0 Å². The zero-order valence-corrected chi connectivity index (χ0v) is 8.27. The molecule has 0 spiro atoms. The van der Waals surface area contributed by atoms with Crippen LogP contribution in [0.5, 0.6) is 0 Å². The molecule has 0 aromatic carbocycles. The summed E-state index contributed by atoms with van der Waals surface area (Å²) < 4.78 is 11.7. The van der Waals surface area contributed by atoms with Gasteiger partial charge in [0.25, 0.3) is 0 Å². The van der Waals surface area contributed by atoms with E-state index in [9.17, 15) is 4.39 Å². The number of halogens is 1. The summed E-state index contributed by atoms with van der Waals surface area (Å²) in [6.07, 6.45) is 3.86. The Morgan fingerprint density at radius 2 is 1.67 bits per heavy atom. The second-order valence-corrected chi connectivity index (χ2v) is 3.09. The van der Waals surface area contributed by atoms with Gasteiger partial charge in [-0.15, -0.1) is 0 Å². The highest BCUT2D eigenvalue weighted by Gasteiger charge is 2.07. The van der Waals surface area contributed by atoms with Crippen LogP contribution in [0.3, 0.4) is 0 Å². The van der Waals surface area contributed by atoms with E-state index in [0.717, 1.165) is 13.1 Å². The Bertz CT molecular complexity index is 79.8. The van der Waals surface area contributed by atoms with Gasteiger partial charge >= 0.3 is 0 Å². The normalized spacial score (nSPS) is 18.2. The Balaban J connectivity index is 0.000000354. The quantitative estimate of drug-likeness (QED) is 0.682. The maximum atomic E-state index is 11.7. The van der Waals surface area contributed by atoms with E-state index in [1.807, 2.05) is 14.1 Å². The van der Waals surface area contributed by atoms with E-state index in [0.29, 0.717) is 6.54 Å². The summed E-state index contributed by atoms with van der Waals surface area (Å²) in [7, 11) is 3.75. The lowest BCUT2D eigenvalue weighted by Crippen LogP contribution is -2.31. The van der Waals surface area contributed by atoms with Gasteiger partial charge in [-0.05, 0) is 40.0 Å². The number of piperidine rings is 1. The first-order chi connectivity index (χ1) is 5.85. The molecule has 12 heavy (non-hydrogen) atoms. The zero-order chi connectivity index (χ0) is 9.23. The van der Waals surface area contributed by atoms with Crippen molar-refractivity contribution in [3.05, 3.63) is 0 Å². The lowest BCUT2D eigenvalue weighted by atomic mass is 10.1. The molecule has 74 valence electrons. The summed E-state index contributed by atoms with van der Waals surface area (Å²) >= 11 is 0. The third-order valence-corrected chi connectivity index (χ3v) is 1.85. The van der Waals surface area contributed by atoms with E-state index in [2.05, 4.69) is 10.2 Å². The maximum Gasteiger partial charge on any atom is 0.102 e. The van der Waals surface area contributed by atoms with Gasteiger partial charge in [-0.1, -0.05) is 6.42 Å². The van der Waals surface area contributed by atoms with Gasteiger partial charge in [0.15, 0.2) is 0 Å². The summed E-state index contributed by atoms with van der Waals surface area (Å²) in [5.74, 6) is 0. The highest BCUT2D eigenvalue weighted by molar-refractivity contribution is 4.63. The van der Waals surface area contributed by atoms with Crippen molar-refractivity contribution in [2.24, 2.45) is 0 Å². The van der Waals surface area contributed by atoms with Crippen LogP contribution in [0, 0.1) is 0 Å². The number of nitrogens with one attached hydrogen (secondary N) is 1. The summed E-state index contributed by atoms with van der Waals surface area (Å²) in [5, 5.41) is 2.75. The van der Waals surface area contributed by atoms with Gasteiger partial charge in [0.05, 0.1) is 0 Å². The molecule has 1 heterocycles. The minimum atomic E-state index is -0.181. The SMILES string of the molecule is CNC.FCCN1CCCCC1. The van der Waals surface area contributed by atoms with E-state index in [1.54, 1.807) is 0 Å². The summed E-state index contributed by atoms with van der Waals surface area (Å²) in [5.41, 5.74) is 0. The van der Waals surface area contributed by atoms with E-state index in [4.69, 9.17) is 0 Å². The highest BCUT2D eigenvalue weighted by Crippen LogP contribution is 2.07. The molecule has 0 unspecified atom stereocenters. The molecule has 3 heteroatoms. The number of alkyl halides is 1. The van der Waals surface area contributed by atoms with Crippen LogP contribution < -0.4 is 5.32 Å². The summed E-state index contributed by atoms with van der Waals surface area (Å²) in [6, 6.07) is 0. The molecule has 0 bridgehead atoms. The smallest absolute Gasteiger partial charge is 0.102 e. The van der Waals surface area contributed by atoms with Crippen molar-refractivity contribution in [1.29, 1.82) is 0 Å². The third-order valence-electron chi connectivity index (χ3n) is 1.85. The van der Waals surface area contributed by atoms with Crippen molar-refractivity contribution >= 4 is 0 Å². The van der Waals surface area contributed by atoms with Crippen LogP contribution in [0.15, 0.2) is 0 Å². The van der Waals surface area contributed by atoms with Crippen LogP contribution in [-0.4, -0.2) is 45.3 Å². The number of hydrogen-bond donors (Lipinski definition) is 1. The Labute approximate surface area is 75.1 Å². The molecule has 1 aliphatic rings. The van der Waals surface area contributed by atoms with Crippen molar-refractivity contribution in [3.63, 3.8) is 0 Å². The first-order valence-corrected chi connectivity index (χ1v) is 4.72. The van der Waals surface area contributed by atoms with Crippen LogP contribution in [0.1, 0.15) is 19.3 Å². The standard InChI is InChI=1S/C7H14FN.C2H7N/c8-4-7-9-5-2-1-3-6-9;1-3-2/h1-7H2;3H,1-2H3. The van der Waals surface area contributed by atoms with Crippen LogP contribution in [-0.2, 0) is 0 Å². The number of likely N-dealkylation sites (tertiary alicyclic amines) is 1. The Hall–Kier alpha value is -0.150. The number of rotatable bonds is 2. The van der Waals surface area contributed by atoms with Crippen LogP contribution in [0.25, 0.3) is 0 Å². The van der Waals surface area contributed by atoms with E-state index in [1.165, 1.54) is 19.3 Å². The number of hydrogen-bond acceptors (Lipinski definition) is 2. The van der Waals surface area contributed by atoms with Gasteiger partial charge in [-0.25, -0.2) is 4.39 Å². The van der Waals surface area contributed by atoms with E-state index in [-0.39, 0.29) is 6.67 Å². The zero-order valence-electron chi connectivity index (χ0n) is 8.27. The highest BCUT2D eigenvalue weighted by atomic mass is 19.1. The average Bonchev–Trinajstić information content (AvgIpc) is 2.08. The number of nitrogens with zero attached hydrogens (tertiary/aromatic N) is 1. The van der Waals surface area contributed by atoms with Crippen molar-refractivity contribution in [2.45, 2.75) is 19.3 Å². The second-order valence-electron chi connectivity index (χ2n) is 3.09. The molecule has 0 aromatic heterocycles. The Morgan fingerprint density at radius 1 is 1.17 bits per heavy atom. The van der Waals surface area contributed by atoms with Crippen LogP contribution >= 0.6 is 0 Å². The molecule has 0 aromatic rings. The molecule has 0 radical (unpaired) electrons. The summed E-state index contributed by atoms with van der Waals surface area (Å²) in [6.45, 7) is 2.70. The predicted octanol–water partition coefficient (Wildman–Crippen LogP) is 1.28. The molecular weight excluding hydrogens is 155 g/mol. The fourth-order valence-corrected chi connectivity index (χ4v) is 1.30. The lowest BCUT2D eigenvalue weighted by Gasteiger charge is -2.24. The largest absolute Gasteiger partial charge is 0.323 e. The fourth-order valence-electron chi connectivity index (χ4n) is 1.30. The van der Waals surface area contributed by atoms with Crippen LogP contribution in [0.2, 0.25) is 0 Å². The van der Waals surface area contributed by atoms with Gasteiger partial charge < -0.3 is 10.2 Å². The van der Waals surface area contributed by atoms with Crippen molar-refractivity contribution in [2.75, 3.05) is 40.4 Å². The van der Waals surface area contributed by atoms with Crippen molar-refractivity contribution < 1.29 is 4.39 Å². The Morgan fingerprint density at radius 3 is 2.08 bits per heavy atom. The van der Waals surface area contributed by atoms with Crippen molar-refractivity contribution in [3.8, 4) is 0 Å². The van der Waals surface area contributed by atoms with Gasteiger partial charge in [0.1, 0.15) is 6.67 Å². The molecule has 0 aliphatic carbocycles. The Kier molecular flexibility index (Phi) is 8.83. The third kappa shape index (κ3) is 6.55. The molecule has 1 aliphatic heterocycles. The van der Waals surface area contributed by atoms with Gasteiger partial charge in [-0.3, -0.25) is 0 Å². The molecule has 2 nitrogen and oxygen atoms in total. The lowest BCUT2D eigenvalue weighted by molar-refractivity contribution is 0.211. The molecule has 0 amide bonds. The second kappa shape index (κ2) is 8.94. The fraction of sp³-hybridized carbons (Fsp3) is 1.00. The first-order valence-electron chi connectivity index (χ1n) is 4.72. The maximum absolute atomic E-state index is 11.7. The predicted molar refractivity (Wildman–Crippen MR) is 51.2 cm³/mol. The first kappa shape index (κ1) is 11.8. The van der Waals surface area contributed by atoms with E-state index >= 15 is 0 Å². The minimum absolute atomic E-state index is 0.181. The molecule has 1 fully saturated rings. The molecule has 1 N–H and O–H groups in total. The van der Waals surface area contributed by atoms with Gasteiger partial charge in [0, 0.05) is 6.54 Å². The molecule has 0 atom stereocenters. The van der Waals surface area contributed by atoms with Gasteiger partial charge in [-0.2, -0.15) is 0 Å². The molecule has 1 saturated heterocycles. The molecule has 1 rings (SSSR count). The topological polar surface area (TPSA) is 15.3 Å².